The van der Waals surface area contributed by atoms with Gasteiger partial charge >= 0.3 is 0 Å². The van der Waals surface area contributed by atoms with Crippen molar-refractivity contribution < 1.29 is 13.5 Å². The molecule has 0 saturated heterocycles. The van der Waals surface area contributed by atoms with Crippen molar-refractivity contribution in [3.8, 4) is 17.0 Å². The molecule has 3 aromatic rings. The molecule has 4 nitrogen and oxygen atoms in total. The van der Waals surface area contributed by atoms with Gasteiger partial charge in [0.1, 0.15) is 5.75 Å². The van der Waals surface area contributed by atoms with Gasteiger partial charge in [0.2, 0.25) is 0 Å². The minimum absolute atomic E-state index is 0.314. The number of aromatic nitrogens is 3. The van der Waals surface area contributed by atoms with Gasteiger partial charge in [-0.3, -0.25) is 0 Å². The summed E-state index contributed by atoms with van der Waals surface area (Å²) in [6, 6.07) is 16.4. The van der Waals surface area contributed by atoms with Gasteiger partial charge in [-0.1, -0.05) is 35.5 Å². The van der Waals surface area contributed by atoms with E-state index in [1.807, 2.05) is 30.3 Å². The molecule has 0 bridgehead atoms. The number of alkyl halides is 2. The molecule has 0 saturated carbocycles. The van der Waals surface area contributed by atoms with Crippen molar-refractivity contribution in [3.05, 3.63) is 65.9 Å². The van der Waals surface area contributed by atoms with Gasteiger partial charge < -0.3 is 4.74 Å². The summed E-state index contributed by atoms with van der Waals surface area (Å²) in [6.45, 7) is 0.377. The van der Waals surface area contributed by atoms with E-state index in [0.717, 1.165) is 5.56 Å². The lowest BCUT2D eigenvalue weighted by Gasteiger charge is -2.09. The minimum atomic E-state index is -2.68. The highest BCUT2D eigenvalue weighted by Gasteiger charge is 2.22. The summed E-state index contributed by atoms with van der Waals surface area (Å²) >= 11 is 0. The zero-order valence-corrected chi connectivity index (χ0v) is 12.5. The van der Waals surface area contributed by atoms with Crippen LogP contribution in [0.1, 0.15) is 17.7 Å². The summed E-state index contributed by atoms with van der Waals surface area (Å²) in [5.74, 6) is 0.662. The van der Waals surface area contributed by atoms with Crippen molar-refractivity contribution in [1.29, 1.82) is 0 Å². The molecule has 23 heavy (non-hydrogen) atoms. The molecule has 6 heteroatoms. The van der Waals surface area contributed by atoms with E-state index in [2.05, 4.69) is 10.3 Å². The minimum Gasteiger partial charge on any atom is -0.497 e. The largest absolute Gasteiger partial charge is 0.497 e. The first-order valence-electron chi connectivity index (χ1n) is 7.09. The number of rotatable bonds is 5. The molecule has 0 N–H and O–H groups in total. The van der Waals surface area contributed by atoms with Crippen LogP contribution in [-0.2, 0) is 6.54 Å². The van der Waals surface area contributed by atoms with Crippen molar-refractivity contribution in [2.24, 2.45) is 0 Å². The Kier molecular flexibility index (Phi) is 4.32. The monoisotopic (exact) mass is 315 g/mol. The van der Waals surface area contributed by atoms with Gasteiger partial charge in [-0.15, -0.1) is 5.10 Å². The number of hydrogen-bond donors (Lipinski definition) is 0. The third kappa shape index (κ3) is 3.21. The molecule has 0 atom stereocenters. The van der Waals surface area contributed by atoms with Crippen LogP contribution < -0.4 is 4.74 Å². The van der Waals surface area contributed by atoms with Crippen molar-refractivity contribution in [2.75, 3.05) is 7.11 Å². The second-order valence-corrected chi connectivity index (χ2v) is 5.00. The Labute approximate surface area is 132 Å². The smallest absolute Gasteiger partial charge is 0.284 e. The maximum atomic E-state index is 13.3. The summed E-state index contributed by atoms with van der Waals surface area (Å²) in [5, 5.41) is 7.57. The van der Waals surface area contributed by atoms with Crippen LogP contribution in [-0.4, -0.2) is 22.1 Å². The Morgan fingerprint density at radius 3 is 2.35 bits per heavy atom. The molecule has 0 aliphatic rings. The Morgan fingerprint density at radius 2 is 1.74 bits per heavy atom. The molecular weight excluding hydrogens is 300 g/mol. The van der Waals surface area contributed by atoms with Gasteiger partial charge in [0.05, 0.1) is 19.3 Å². The van der Waals surface area contributed by atoms with E-state index in [0.29, 0.717) is 23.6 Å². The van der Waals surface area contributed by atoms with Gasteiger partial charge in [-0.25, -0.2) is 13.5 Å². The highest BCUT2D eigenvalue weighted by Crippen LogP contribution is 2.30. The van der Waals surface area contributed by atoms with E-state index < -0.39 is 6.43 Å². The first-order valence-corrected chi connectivity index (χ1v) is 7.09. The molecular formula is C17H15F2N3O. The highest BCUT2D eigenvalue weighted by atomic mass is 19.3. The van der Waals surface area contributed by atoms with Crippen LogP contribution in [0.4, 0.5) is 8.78 Å². The van der Waals surface area contributed by atoms with Crippen LogP contribution >= 0.6 is 0 Å². The molecule has 0 amide bonds. The predicted molar refractivity (Wildman–Crippen MR) is 82.5 cm³/mol. The van der Waals surface area contributed by atoms with Crippen molar-refractivity contribution in [2.45, 2.75) is 13.0 Å². The number of nitrogens with zero attached hydrogens (tertiary/aromatic N) is 3. The Balaban J connectivity index is 2.03. The fraction of sp³-hybridized carbons (Fsp3) is 0.176. The third-order valence-electron chi connectivity index (χ3n) is 3.51. The summed E-state index contributed by atoms with van der Waals surface area (Å²) in [4.78, 5) is 0. The quantitative estimate of drug-likeness (QED) is 0.716. The summed E-state index contributed by atoms with van der Waals surface area (Å²) in [6.07, 6.45) is -2.68. The second-order valence-electron chi connectivity index (χ2n) is 5.00. The number of hydrogen-bond acceptors (Lipinski definition) is 3. The lowest BCUT2D eigenvalue weighted by Crippen LogP contribution is -2.04. The first-order chi connectivity index (χ1) is 11.2. The van der Waals surface area contributed by atoms with E-state index in [-0.39, 0.29) is 5.69 Å². The molecule has 118 valence electrons. The van der Waals surface area contributed by atoms with E-state index >= 15 is 0 Å². The number of benzene rings is 2. The van der Waals surface area contributed by atoms with Crippen molar-refractivity contribution >= 4 is 0 Å². The number of ether oxygens (including phenoxy) is 1. The maximum absolute atomic E-state index is 13.3. The van der Waals surface area contributed by atoms with Crippen LogP contribution in [0.15, 0.2) is 54.6 Å². The average Bonchev–Trinajstić information content (AvgIpc) is 3.00. The normalized spacial score (nSPS) is 11.0. The molecule has 0 spiro atoms. The fourth-order valence-electron chi connectivity index (χ4n) is 2.39. The van der Waals surface area contributed by atoms with Crippen molar-refractivity contribution in [1.82, 2.24) is 15.0 Å². The van der Waals surface area contributed by atoms with E-state index in [9.17, 15) is 8.78 Å². The standard InChI is InChI=1S/C17H15F2N3O/c1-23-14-9-7-13(8-10-14)16-15(17(18)19)20-21-22(16)11-12-5-3-2-4-6-12/h2-10,17H,11H2,1H3. The molecule has 0 aliphatic heterocycles. The van der Waals surface area contributed by atoms with Gasteiger partial charge in [0.15, 0.2) is 5.69 Å². The lowest BCUT2D eigenvalue weighted by molar-refractivity contribution is 0.146. The molecule has 0 aliphatic carbocycles. The Hall–Kier alpha value is -2.76. The van der Waals surface area contributed by atoms with Crippen LogP contribution in [0.25, 0.3) is 11.3 Å². The predicted octanol–water partition coefficient (Wildman–Crippen LogP) is 3.94. The first kappa shape index (κ1) is 15.1. The SMILES string of the molecule is COc1ccc(-c2c(C(F)F)nnn2Cc2ccccc2)cc1. The van der Waals surface area contributed by atoms with Crippen LogP contribution in [0.5, 0.6) is 5.75 Å². The van der Waals surface area contributed by atoms with Gasteiger partial charge in [0.25, 0.3) is 6.43 Å². The van der Waals surface area contributed by atoms with Gasteiger partial charge in [-0.2, -0.15) is 0 Å². The zero-order chi connectivity index (χ0) is 16.2. The number of methoxy groups -OCH3 is 1. The van der Waals surface area contributed by atoms with E-state index in [1.165, 1.54) is 4.68 Å². The van der Waals surface area contributed by atoms with Crippen LogP contribution in [0.3, 0.4) is 0 Å². The van der Waals surface area contributed by atoms with E-state index in [1.54, 1.807) is 31.4 Å². The highest BCUT2D eigenvalue weighted by molar-refractivity contribution is 5.63. The third-order valence-corrected chi connectivity index (χ3v) is 3.51. The molecule has 0 fully saturated rings. The molecule has 0 radical (unpaired) electrons. The van der Waals surface area contributed by atoms with Gasteiger partial charge in [0, 0.05) is 5.56 Å². The number of halogens is 2. The molecule has 2 aromatic carbocycles. The molecule has 1 heterocycles. The summed E-state index contributed by atoms with van der Waals surface area (Å²) < 4.78 is 33.1. The summed E-state index contributed by atoms with van der Waals surface area (Å²) in [7, 11) is 1.56. The lowest BCUT2D eigenvalue weighted by atomic mass is 10.1. The summed E-state index contributed by atoms with van der Waals surface area (Å²) in [5.41, 5.74) is 1.60. The zero-order valence-electron chi connectivity index (χ0n) is 12.5. The maximum Gasteiger partial charge on any atom is 0.284 e. The van der Waals surface area contributed by atoms with Gasteiger partial charge in [-0.05, 0) is 29.8 Å². The second kappa shape index (κ2) is 6.56. The van der Waals surface area contributed by atoms with Crippen LogP contribution in [0, 0.1) is 0 Å². The molecule has 3 rings (SSSR count). The average molecular weight is 315 g/mol. The molecule has 1 aromatic heterocycles. The fourth-order valence-corrected chi connectivity index (χ4v) is 2.39. The molecule has 0 unspecified atom stereocenters. The van der Waals surface area contributed by atoms with Crippen LogP contribution in [0.2, 0.25) is 0 Å². The topological polar surface area (TPSA) is 39.9 Å². The Bertz CT molecular complexity index is 770. The van der Waals surface area contributed by atoms with Crippen molar-refractivity contribution in [3.63, 3.8) is 0 Å². The Morgan fingerprint density at radius 1 is 1.04 bits per heavy atom. The van der Waals surface area contributed by atoms with E-state index in [4.69, 9.17) is 4.74 Å².